The molecule has 0 radical (unpaired) electrons. The Morgan fingerprint density at radius 1 is 0.696 bits per heavy atom. The highest BCUT2D eigenvalue weighted by atomic mass is 32.2. The number of hydrogen-bond donors (Lipinski definition) is 5. The molecule has 0 saturated carbocycles. The molecule has 3 atom stereocenters. The monoisotopic (exact) mass is 701 g/mol. The second kappa shape index (κ2) is 28.9. The number of carbonyl (C=O) groups excluding carboxylic acids is 4. The van der Waals surface area contributed by atoms with Crippen LogP contribution >= 0.6 is 0 Å². The van der Waals surface area contributed by atoms with Crippen LogP contribution in [0.5, 0.6) is 0 Å². The summed E-state index contributed by atoms with van der Waals surface area (Å²) >= 11 is 0. The first kappa shape index (κ1) is 48.1. The number of esters is 1. The summed E-state index contributed by atoms with van der Waals surface area (Å²) in [6.07, 6.45) is 3.17. The first-order chi connectivity index (χ1) is 21.5. The molecule has 0 aliphatic rings. The maximum atomic E-state index is 11.7. The highest BCUT2D eigenvalue weighted by Gasteiger charge is 2.39. The third-order valence-electron chi connectivity index (χ3n) is 6.52. The fourth-order valence-corrected chi connectivity index (χ4v) is 6.19. The van der Waals surface area contributed by atoms with Crippen LogP contribution in [0, 0.1) is 17.8 Å². The average Bonchev–Trinajstić information content (AvgIpc) is 3.00. The van der Waals surface area contributed by atoms with E-state index in [0.29, 0.717) is 26.4 Å². The largest absolute Gasteiger partial charge is 0.500 e. The standard InChI is InChI=1S/C14H31NO4Si.C8H16N2O3.C7H16N2O3S/c1-6-13(5)14(16)15-11-10-12-20(17-7-2,18-8-3)19-9-4;1-3-6(2)7(11)13-5-4-10-8(9)12;1-3-6(2)7(10)9-4-5-13(8,11)12/h13H,6-12H2,1-5H3,(H,15,16);6H,3-5H2,1-2H3,(H3,9,10,12);6H,3-5H2,1-2H3,(H,9,10)(H2,8,11,12). The second-order valence-corrected chi connectivity index (χ2v) is 14.9. The van der Waals surface area contributed by atoms with Gasteiger partial charge in [0.1, 0.15) is 6.61 Å². The van der Waals surface area contributed by atoms with Gasteiger partial charge in [-0.15, -0.1) is 0 Å². The summed E-state index contributed by atoms with van der Waals surface area (Å²) in [7, 11) is -6.02. The van der Waals surface area contributed by atoms with E-state index >= 15 is 0 Å². The van der Waals surface area contributed by atoms with Gasteiger partial charge in [-0.3, -0.25) is 14.4 Å². The first-order valence-electron chi connectivity index (χ1n) is 16.2. The molecule has 0 bridgehead atoms. The molecule has 0 fully saturated rings. The Morgan fingerprint density at radius 3 is 1.50 bits per heavy atom. The number of nitrogens with two attached hydrogens (primary N) is 2. The lowest BCUT2D eigenvalue weighted by molar-refractivity contribution is -0.147. The lowest BCUT2D eigenvalue weighted by Crippen LogP contribution is -2.46. The minimum atomic E-state index is -3.47. The Balaban J connectivity index is -0.000000627. The van der Waals surface area contributed by atoms with Gasteiger partial charge < -0.3 is 39.7 Å². The number of amides is 4. The smallest absolute Gasteiger partial charge is 0.464 e. The zero-order chi connectivity index (χ0) is 36.2. The van der Waals surface area contributed by atoms with Crippen molar-refractivity contribution in [1.29, 1.82) is 0 Å². The van der Waals surface area contributed by atoms with Crippen molar-refractivity contribution >= 4 is 42.6 Å². The van der Waals surface area contributed by atoms with Gasteiger partial charge in [-0.25, -0.2) is 18.4 Å². The molecule has 3 unspecified atom stereocenters. The number of sulfonamides is 1. The van der Waals surface area contributed by atoms with Crippen molar-refractivity contribution in [3.05, 3.63) is 0 Å². The minimum Gasteiger partial charge on any atom is -0.464 e. The Bertz CT molecular complexity index is 926. The predicted molar refractivity (Wildman–Crippen MR) is 181 cm³/mol. The van der Waals surface area contributed by atoms with Crippen LogP contribution < -0.4 is 26.8 Å². The van der Waals surface area contributed by atoms with E-state index in [0.717, 1.165) is 31.7 Å². The Morgan fingerprint density at radius 2 is 1.13 bits per heavy atom. The molecule has 0 spiro atoms. The molecule has 0 aromatic rings. The molecular formula is C29H63N5O10SSi. The summed E-state index contributed by atoms with van der Waals surface area (Å²) < 4.78 is 43.1. The molecule has 46 heavy (non-hydrogen) atoms. The van der Waals surface area contributed by atoms with E-state index < -0.39 is 24.9 Å². The lowest BCUT2D eigenvalue weighted by Gasteiger charge is -2.28. The molecule has 0 saturated heterocycles. The first-order valence-corrected chi connectivity index (χ1v) is 19.8. The van der Waals surface area contributed by atoms with E-state index in [-0.39, 0.29) is 61.0 Å². The number of ether oxygens (including phenoxy) is 1. The molecule has 0 aliphatic carbocycles. The fourth-order valence-electron chi connectivity index (χ4n) is 3.19. The normalized spacial score (nSPS) is 13.0. The van der Waals surface area contributed by atoms with Crippen LogP contribution in [0.1, 0.15) is 88.0 Å². The van der Waals surface area contributed by atoms with Gasteiger partial charge in [-0.05, 0) is 46.5 Å². The highest BCUT2D eigenvalue weighted by molar-refractivity contribution is 7.89. The second-order valence-electron chi connectivity index (χ2n) is 10.4. The number of nitrogens with one attached hydrogen (secondary N) is 3. The summed E-state index contributed by atoms with van der Waals surface area (Å²) in [6.45, 7) is 20.1. The summed E-state index contributed by atoms with van der Waals surface area (Å²) in [4.78, 5) is 44.1. The molecule has 0 heterocycles. The average molecular weight is 702 g/mol. The van der Waals surface area contributed by atoms with Crippen LogP contribution in [0.25, 0.3) is 0 Å². The number of primary amides is 1. The van der Waals surface area contributed by atoms with Gasteiger partial charge in [0.15, 0.2) is 0 Å². The van der Waals surface area contributed by atoms with Crippen molar-refractivity contribution < 1.29 is 45.6 Å². The lowest BCUT2D eigenvalue weighted by atomic mass is 10.1. The number of rotatable bonds is 22. The van der Waals surface area contributed by atoms with E-state index in [1.54, 1.807) is 13.8 Å². The molecule has 0 aromatic carbocycles. The molecule has 7 N–H and O–H groups in total. The molecule has 274 valence electrons. The maximum absolute atomic E-state index is 11.7. The molecule has 0 aromatic heterocycles. The predicted octanol–water partition coefficient (Wildman–Crippen LogP) is 2.27. The summed E-state index contributed by atoms with van der Waals surface area (Å²) in [5, 5.41) is 12.5. The van der Waals surface area contributed by atoms with E-state index in [9.17, 15) is 27.6 Å². The quantitative estimate of drug-likeness (QED) is 0.0628. The summed E-state index contributed by atoms with van der Waals surface area (Å²) in [6, 6.07) is 0.128. The zero-order valence-corrected chi connectivity index (χ0v) is 31.4. The van der Waals surface area contributed by atoms with Gasteiger partial charge in [-0.2, -0.15) is 0 Å². The summed E-state index contributed by atoms with van der Waals surface area (Å²) in [5.41, 5.74) is 4.80. The molecule has 17 heteroatoms. The van der Waals surface area contributed by atoms with E-state index in [1.807, 2.05) is 48.5 Å². The van der Waals surface area contributed by atoms with Crippen molar-refractivity contribution in [2.75, 3.05) is 51.8 Å². The van der Waals surface area contributed by atoms with Crippen molar-refractivity contribution in [1.82, 2.24) is 16.0 Å². The van der Waals surface area contributed by atoms with Crippen molar-refractivity contribution in [3.63, 3.8) is 0 Å². The van der Waals surface area contributed by atoms with Crippen LogP contribution in [-0.2, 0) is 42.4 Å². The Labute approximate surface area is 278 Å². The number of urea groups is 1. The van der Waals surface area contributed by atoms with Crippen LogP contribution in [-0.4, -0.2) is 92.9 Å². The topological polar surface area (TPSA) is 227 Å². The van der Waals surface area contributed by atoms with Crippen molar-refractivity contribution in [2.45, 2.75) is 94.0 Å². The van der Waals surface area contributed by atoms with Crippen molar-refractivity contribution in [2.24, 2.45) is 28.6 Å². The highest BCUT2D eigenvalue weighted by Crippen LogP contribution is 2.18. The van der Waals surface area contributed by atoms with Gasteiger partial charge in [0.2, 0.25) is 21.8 Å². The van der Waals surface area contributed by atoms with Crippen LogP contribution in [0.2, 0.25) is 6.04 Å². The molecular weight excluding hydrogens is 638 g/mol. The van der Waals surface area contributed by atoms with E-state index in [4.69, 9.17) is 28.9 Å². The van der Waals surface area contributed by atoms with Crippen LogP contribution in [0.4, 0.5) is 4.79 Å². The molecule has 15 nitrogen and oxygen atoms in total. The van der Waals surface area contributed by atoms with Gasteiger partial charge >= 0.3 is 20.8 Å². The van der Waals surface area contributed by atoms with Gasteiger partial charge in [0.25, 0.3) is 0 Å². The number of primary sulfonamides is 1. The SMILES string of the molecule is CCC(C)C(=O)NCCS(N)(=O)=O.CCC(C)C(=O)OCCNC(N)=O.CCO[Si](CCCNC(=O)C(C)CC)(OCC)OCC. The van der Waals surface area contributed by atoms with Gasteiger partial charge in [-0.1, -0.05) is 41.5 Å². The fraction of sp³-hybridized carbons (Fsp3) is 0.862. The molecule has 4 amide bonds. The van der Waals surface area contributed by atoms with Crippen molar-refractivity contribution in [3.8, 4) is 0 Å². The molecule has 0 aliphatic heterocycles. The molecule has 0 rings (SSSR count). The minimum absolute atomic E-state index is 0.0719. The maximum Gasteiger partial charge on any atom is 0.500 e. The third kappa shape index (κ3) is 28.0. The van der Waals surface area contributed by atoms with Gasteiger partial charge in [0.05, 0.1) is 18.2 Å². The Kier molecular flexibility index (Phi) is 30.2. The summed E-state index contributed by atoms with van der Waals surface area (Å²) in [5.74, 6) is -0.574. The van der Waals surface area contributed by atoms with Gasteiger partial charge in [0, 0.05) is 50.8 Å². The number of carbonyl (C=O) groups is 4. The van der Waals surface area contributed by atoms with E-state index in [1.165, 1.54) is 0 Å². The third-order valence-corrected chi connectivity index (χ3v) is 10.4. The zero-order valence-electron chi connectivity index (χ0n) is 29.6. The number of hydrogen-bond acceptors (Lipinski definition) is 10. The van der Waals surface area contributed by atoms with Crippen LogP contribution in [0.15, 0.2) is 0 Å². The van der Waals surface area contributed by atoms with E-state index in [2.05, 4.69) is 16.0 Å². The Hall–Kier alpha value is -2.31. The van der Waals surface area contributed by atoms with Crippen LogP contribution in [0.3, 0.4) is 0 Å².